The molecule has 0 aliphatic carbocycles. The van der Waals surface area contributed by atoms with E-state index in [1.54, 1.807) is 12.1 Å². The largest absolute Gasteiger partial charge is 0.476 e. The van der Waals surface area contributed by atoms with Gasteiger partial charge >= 0.3 is 5.97 Å². The topological polar surface area (TPSA) is 80.9 Å². The Labute approximate surface area is 178 Å². The van der Waals surface area contributed by atoms with E-state index in [9.17, 15) is 9.90 Å². The number of unbranched alkanes of at least 4 members (excludes halogenated alkanes) is 1. The van der Waals surface area contributed by atoms with E-state index in [0.717, 1.165) is 55.0 Å². The van der Waals surface area contributed by atoms with Crippen molar-refractivity contribution in [2.24, 2.45) is 5.92 Å². The van der Waals surface area contributed by atoms with E-state index < -0.39 is 5.97 Å². The van der Waals surface area contributed by atoms with E-state index in [-0.39, 0.29) is 5.69 Å². The van der Waals surface area contributed by atoms with Crippen LogP contribution in [0.4, 0.5) is 0 Å². The highest BCUT2D eigenvalue weighted by Crippen LogP contribution is 2.23. The first kappa shape index (κ1) is 21.7. The Morgan fingerprint density at radius 2 is 1.93 bits per heavy atom. The van der Waals surface area contributed by atoms with Gasteiger partial charge in [-0.25, -0.2) is 19.4 Å². The average molecular weight is 407 g/mol. The maximum absolute atomic E-state index is 11.4. The molecule has 0 saturated heterocycles. The monoisotopic (exact) mass is 406 g/mol. The maximum Gasteiger partial charge on any atom is 0.355 e. The van der Waals surface area contributed by atoms with Crippen LogP contribution in [0.3, 0.4) is 0 Å². The van der Waals surface area contributed by atoms with Gasteiger partial charge in [-0.15, -0.1) is 0 Å². The second-order valence-electron chi connectivity index (χ2n) is 8.03. The Bertz CT molecular complexity index is 977. The van der Waals surface area contributed by atoms with Gasteiger partial charge in [0.25, 0.3) is 0 Å². The molecule has 0 unspecified atom stereocenters. The predicted molar refractivity (Wildman–Crippen MR) is 118 cm³/mol. The van der Waals surface area contributed by atoms with Gasteiger partial charge < -0.3 is 5.11 Å². The van der Waals surface area contributed by atoms with Crippen LogP contribution in [0.5, 0.6) is 0 Å². The lowest BCUT2D eigenvalue weighted by molar-refractivity contribution is 0.0691. The van der Waals surface area contributed by atoms with Crippen molar-refractivity contribution in [3.8, 4) is 11.1 Å². The Morgan fingerprint density at radius 3 is 2.60 bits per heavy atom. The number of carbonyl (C=O) groups is 1. The minimum Gasteiger partial charge on any atom is -0.476 e. The van der Waals surface area contributed by atoms with Gasteiger partial charge in [0.2, 0.25) is 0 Å². The molecule has 0 aliphatic heterocycles. The van der Waals surface area contributed by atoms with Crippen LogP contribution in [0.2, 0.25) is 0 Å². The van der Waals surface area contributed by atoms with Gasteiger partial charge in [-0.2, -0.15) is 5.10 Å². The number of aryl methyl sites for hydroxylation is 2. The van der Waals surface area contributed by atoms with Crippen LogP contribution >= 0.6 is 0 Å². The molecule has 0 radical (unpaired) electrons. The number of pyridine rings is 1. The molecule has 158 valence electrons. The third-order valence-corrected chi connectivity index (χ3v) is 5.10. The quantitative estimate of drug-likeness (QED) is 0.511. The SMILES string of the molecule is CCCCn1nc(CCC(C)C)nc1Cc1ccc(-c2cccnc2C(=O)O)cc1. The van der Waals surface area contributed by atoms with Crippen molar-refractivity contribution in [3.05, 3.63) is 65.5 Å². The Hall–Kier alpha value is -3.02. The number of aromatic nitrogens is 4. The lowest BCUT2D eigenvalue weighted by atomic mass is 10.0. The second kappa shape index (κ2) is 10.1. The minimum atomic E-state index is -1.02. The molecule has 0 amide bonds. The fraction of sp³-hybridized carbons (Fsp3) is 0.417. The fourth-order valence-corrected chi connectivity index (χ4v) is 3.36. The Kier molecular flexibility index (Phi) is 7.33. The van der Waals surface area contributed by atoms with Gasteiger partial charge in [-0.1, -0.05) is 57.5 Å². The van der Waals surface area contributed by atoms with Crippen molar-refractivity contribution in [1.29, 1.82) is 0 Å². The van der Waals surface area contributed by atoms with Crippen LogP contribution in [-0.2, 0) is 19.4 Å². The summed E-state index contributed by atoms with van der Waals surface area (Å²) in [4.78, 5) is 20.3. The third kappa shape index (κ3) is 5.53. The summed E-state index contributed by atoms with van der Waals surface area (Å²) in [6, 6.07) is 11.5. The number of rotatable bonds is 10. The zero-order valence-corrected chi connectivity index (χ0v) is 18.0. The van der Waals surface area contributed by atoms with Crippen molar-refractivity contribution < 1.29 is 9.90 Å². The highest BCUT2D eigenvalue weighted by Gasteiger charge is 2.14. The molecule has 2 aromatic heterocycles. The molecule has 0 atom stereocenters. The highest BCUT2D eigenvalue weighted by atomic mass is 16.4. The smallest absolute Gasteiger partial charge is 0.355 e. The van der Waals surface area contributed by atoms with Crippen LogP contribution in [0, 0.1) is 5.92 Å². The van der Waals surface area contributed by atoms with E-state index in [2.05, 4.69) is 30.4 Å². The van der Waals surface area contributed by atoms with E-state index in [1.165, 1.54) is 6.20 Å². The molecular weight excluding hydrogens is 376 g/mol. The van der Waals surface area contributed by atoms with Crippen LogP contribution in [-0.4, -0.2) is 30.8 Å². The summed E-state index contributed by atoms with van der Waals surface area (Å²) in [5.41, 5.74) is 2.66. The van der Waals surface area contributed by atoms with Gasteiger partial charge in [0, 0.05) is 31.1 Å². The van der Waals surface area contributed by atoms with Crippen LogP contribution in [0.1, 0.15) is 67.7 Å². The molecule has 30 heavy (non-hydrogen) atoms. The van der Waals surface area contributed by atoms with Crippen molar-refractivity contribution >= 4 is 5.97 Å². The molecule has 2 heterocycles. The van der Waals surface area contributed by atoms with Crippen molar-refractivity contribution in [3.63, 3.8) is 0 Å². The van der Waals surface area contributed by atoms with Crippen molar-refractivity contribution in [1.82, 2.24) is 19.7 Å². The lowest BCUT2D eigenvalue weighted by Gasteiger charge is -2.08. The average Bonchev–Trinajstić information content (AvgIpc) is 3.12. The normalized spacial score (nSPS) is 11.2. The summed E-state index contributed by atoms with van der Waals surface area (Å²) < 4.78 is 2.05. The predicted octanol–water partition coefficient (Wildman–Crippen LogP) is 5.02. The van der Waals surface area contributed by atoms with Gasteiger partial charge in [0.05, 0.1) is 0 Å². The molecule has 0 fully saturated rings. The van der Waals surface area contributed by atoms with Crippen LogP contribution in [0.25, 0.3) is 11.1 Å². The van der Waals surface area contributed by atoms with Gasteiger partial charge in [-0.05, 0) is 36.0 Å². The molecule has 6 nitrogen and oxygen atoms in total. The summed E-state index contributed by atoms with van der Waals surface area (Å²) in [6.07, 6.45) is 6.40. The fourth-order valence-electron chi connectivity index (χ4n) is 3.36. The van der Waals surface area contributed by atoms with E-state index in [0.29, 0.717) is 17.9 Å². The summed E-state index contributed by atoms with van der Waals surface area (Å²) in [7, 11) is 0. The third-order valence-electron chi connectivity index (χ3n) is 5.10. The molecule has 0 saturated carbocycles. The first-order valence-corrected chi connectivity index (χ1v) is 10.7. The number of benzene rings is 1. The highest BCUT2D eigenvalue weighted by molar-refractivity contribution is 5.93. The van der Waals surface area contributed by atoms with Gasteiger partial charge in [0.1, 0.15) is 5.82 Å². The first-order chi connectivity index (χ1) is 14.5. The first-order valence-electron chi connectivity index (χ1n) is 10.7. The van der Waals surface area contributed by atoms with Crippen LogP contribution in [0.15, 0.2) is 42.6 Å². The summed E-state index contributed by atoms with van der Waals surface area (Å²) in [5, 5.41) is 14.1. The number of carboxylic acids is 1. The summed E-state index contributed by atoms with van der Waals surface area (Å²) in [6.45, 7) is 7.50. The number of aromatic carboxylic acids is 1. The number of carboxylic acid groups (broad SMARTS) is 1. The van der Waals surface area contributed by atoms with E-state index in [1.807, 2.05) is 24.3 Å². The zero-order chi connectivity index (χ0) is 21.5. The number of hydrogen-bond donors (Lipinski definition) is 1. The molecule has 3 rings (SSSR count). The minimum absolute atomic E-state index is 0.0688. The van der Waals surface area contributed by atoms with Gasteiger partial charge in [-0.3, -0.25) is 0 Å². The molecular formula is C24H30N4O2. The van der Waals surface area contributed by atoms with Crippen molar-refractivity contribution in [2.75, 3.05) is 0 Å². The lowest BCUT2D eigenvalue weighted by Crippen LogP contribution is -2.07. The molecule has 1 N–H and O–H groups in total. The molecule has 0 spiro atoms. The number of nitrogens with zero attached hydrogens (tertiary/aromatic N) is 4. The van der Waals surface area contributed by atoms with Crippen LogP contribution < -0.4 is 0 Å². The molecule has 3 aromatic rings. The molecule has 1 aromatic carbocycles. The molecule has 6 heteroatoms. The van der Waals surface area contributed by atoms with Gasteiger partial charge in [0.15, 0.2) is 11.5 Å². The Balaban J connectivity index is 1.80. The molecule has 0 aliphatic rings. The maximum atomic E-state index is 11.4. The summed E-state index contributed by atoms with van der Waals surface area (Å²) in [5.74, 6) is 1.52. The van der Waals surface area contributed by atoms with Crippen molar-refractivity contribution in [2.45, 2.75) is 59.4 Å². The number of hydrogen-bond acceptors (Lipinski definition) is 4. The standard InChI is InChI=1S/C24H30N4O2/c1-4-5-15-28-22(26-21(27-28)13-8-17(2)3)16-18-9-11-19(12-10-18)20-7-6-14-25-23(20)24(29)30/h6-7,9-12,14,17H,4-5,8,13,15-16H2,1-3H3,(H,29,30). The zero-order valence-electron chi connectivity index (χ0n) is 18.0. The molecule has 0 bridgehead atoms. The van der Waals surface area contributed by atoms with E-state index in [4.69, 9.17) is 10.1 Å². The second-order valence-corrected chi connectivity index (χ2v) is 8.03. The summed E-state index contributed by atoms with van der Waals surface area (Å²) >= 11 is 0. The van der Waals surface area contributed by atoms with E-state index >= 15 is 0 Å². The Morgan fingerprint density at radius 1 is 1.17 bits per heavy atom.